The van der Waals surface area contributed by atoms with Crippen molar-refractivity contribution in [2.75, 3.05) is 40.3 Å². The van der Waals surface area contributed by atoms with Gasteiger partial charge in [0, 0.05) is 52.2 Å². The fourth-order valence-corrected chi connectivity index (χ4v) is 2.29. The Hall–Kier alpha value is -1.60. The van der Waals surface area contributed by atoms with E-state index >= 15 is 0 Å². The normalized spacial score (nSPS) is 25.6. The van der Waals surface area contributed by atoms with Gasteiger partial charge >= 0.3 is 12.1 Å². The van der Waals surface area contributed by atoms with Gasteiger partial charge in [-0.05, 0) is 6.42 Å². The lowest BCUT2D eigenvalue weighted by Crippen LogP contribution is -2.55. The zero-order chi connectivity index (χ0) is 14.9. The van der Waals surface area contributed by atoms with Gasteiger partial charge in [-0.1, -0.05) is 0 Å². The molecule has 0 aromatic rings. The van der Waals surface area contributed by atoms with Gasteiger partial charge < -0.3 is 20.0 Å². The number of urea groups is 2. The first-order chi connectivity index (χ1) is 9.40. The van der Waals surface area contributed by atoms with Crippen LogP contribution in [0, 0.1) is 5.92 Å². The van der Waals surface area contributed by atoms with Crippen LogP contribution in [0.5, 0.6) is 0 Å². The van der Waals surface area contributed by atoms with Gasteiger partial charge in [0.2, 0.25) is 6.43 Å². The Morgan fingerprint density at radius 3 is 2.15 bits per heavy atom. The summed E-state index contributed by atoms with van der Waals surface area (Å²) in [5, 5.41) is 2.61. The van der Waals surface area contributed by atoms with Crippen molar-refractivity contribution in [1.82, 2.24) is 20.0 Å². The van der Waals surface area contributed by atoms with Gasteiger partial charge in [0.15, 0.2) is 0 Å². The molecule has 1 heterocycles. The van der Waals surface area contributed by atoms with Gasteiger partial charge in [-0.2, -0.15) is 0 Å². The minimum atomic E-state index is -2.37. The molecule has 2 fully saturated rings. The molecule has 0 aromatic heterocycles. The SMILES string of the molecule is CN(C)C(=O)N1CCN(C(=O)N[C@H]2C[C@@H]2C(F)F)CC1. The third-order valence-corrected chi connectivity index (χ3v) is 3.69. The monoisotopic (exact) mass is 290 g/mol. The largest absolute Gasteiger partial charge is 0.335 e. The first-order valence-corrected chi connectivity index (χ1v) is 6.70. The molecule has 4 amide bonds. The lowest BCUT2D eigenvalue weighted by molar-refractivity contribution is 0.115. The summed E-state index contributed by atoms with van der Waals surface area (Å²) in [4.78, 5) is 28.3. The van der Waals surface area contributed by atoms with E-state index < -0.39 is 18.4 Å². The molecule has 8 heteroatoms. The maximum Gasteiger partial charge on any atom is 0.319 e. The van der Waals surface area contributed by atoms with Gasteiger partial charge in [0.1, 0.15) is 0 Å². The number of amides is 4. The Bertz CT molecular complexity index is 384. The molecular formula is C12H20F2N4O2. The topological polar surface area (TPSA) is 55.9 Å². The van der Waals surface area contributed by atoms with Gasteiger partial charge in [-0.15, -0.1) is 0 Å². The van der Waals surface area contributed by atoms with Gasteiger partial charge in [0.05, 0.1) is 0 Å². The average molecular weight is 290 g/mol. The van der Waals surface area contributed by atoms with Crippen LogP contribution in [-0.2, 0) is 0 Å². The van der Waals surface area contributed by atoms with Crippen LogP contribution in [0.2, 0.25) is 0 Å². The minimum absolute atomic E-state index is 0.0787. The molecule has 1 N–H and O–H groups in total. The molecule has 1 aliphatic carbocycles. The molecule has 114 valence electrons. The second kappa shape index (κ2) is 5.80. The summed E-state index contributed by atoms with van der Waals surface area (Å²) in [5.41, 5.74) is 0. The van der Waals surface area contributed by atoms with E-state index in [1.807, 2.05) is 0 Å². The highest BCUT2D eigenvalue weighted by molar-refractivity contribution is 5.76. The lowest BCUT2D eigenvalue weighted by Gasteiger charge is -2.35. The van der Waals surface area contributed by atoms with Gasteiger partial charge in [-0.3, -0.25) is 0 Å². The average Bonchev–Trinajstić information content (AvgIpc) is 3.17. The highest BCUT2D eigenvalue weighted by atomic mass is 19.3. The van der Waals surface area contributed by atoms with Gasteiger partial charge in [-0.25, -0.2) is 18.4 Å². The Kier molecular flexibility index (Phi) is 4.29. The summed E-state index contributed by atoms with van der Waals surface area (Å²) < 4.78 is 24.7. The molecule has 0 aromatic carbocycles. The highest BCUT2D eigenvalue weighted by Gasteiger charge is 2.45. The van der Waals surface area contributed by atoms with E-state index in [-0.39, 0.29) is 12.1 Å². The number of rotatable bonds is 2. The summed E-state index contributed by atoms with van der Waals surface area (Å²) >= 11 is 0. The van der Waals surface area contributed by atoms with Crippen LogP contribution in [0.4, 0.5) is 18.4 Å². The highest BCUT2D eigenvalue weighted by Crippen LogP contribution is 2.36. The maximum absolute atomic E-state index is 12.4. The van der Waals surface area contributed by atoms with E-state index in [1.165, 1.54) is 4.90 Å². The molecule has 0 unspecified atom stereocenters. The van der Waals surface area contributed by atoms with E-state index in [1.54, 1.807) is 23.9 Å². The number of alkyl halides is 2. The van der Waals surface area contributed by atoms with Crippen LogP contribution in [0.3, 0.4) is 0 Å². The number of carbonyl (C=O) groups excluding carboxylic acids is 2. The van der Waals surface area contributed by atoms with E-state index in [0.717, 1.165) is 0 Å². The maximum atomic E-state index is 12.4. The van der Waals surface area contributed by atoms with Crippen molar-refractivity contribution in [2.45, 2.75) is 18.9 Å². The number of nitrogens with zero attached hydrogens (tertiary/aromatic N) is 3. The van der Waals surface area contributed by atoms with Crippen molar-refractivity contribution in [3.05, 3.63) is 0 Å². The fraction of sp³-hybridized carbons (Fsp3) is 0.833. The summed E-state index contributed by atoms with van der Waals surface area (Å²) in [6.45, 7) is 1.79. The molecule has 2 atom stereocenters. The van der Waals surface area contributed by atoms with Crippen LogP contribution >= 0.6 is 0 Å². The third-order valence-electron chi connectivity index (χ3n) is 3.69. The Morgan fingerprint density at radius 1 is 1.15 bits per heavy atom. The molecule has 2 rings (SSSR count). The minimum Gasteiger partial charge on any atom is -0.335 e. The van der Waals surface area contributed by atoms with Crippen molar-refractivity contribution in [3.8, 4) is 0 Å². The number of nitrogens with one attached hydrogen (secondary N) is 1. The summed E-state index contributed by atoms with van der Waals surface area (Å²) in [6, 6.07) is -0.788. The number of hydrogen-bond acceptors (Lipinski definition) is 2. The van der Waals surface area contributed by atoms with Crippen molar-refractivity contribution in [2.24, 2.45) is 5.92 Å². The zero-order valence-corrected chi connectivity index (χ0v) is 11.7. The molecule has 20 heavy (non-hydrogen) atoms. The molecule has 0 spiro atoms. The van der Waals surface area contributed by atoms with Crippen LogP contribution in [0.1, 0.15) is 6.42 Å². The van der Waals surface area contributed by atoms with Crippen LogP contribution in [-0.4, -0.2) is 79.5 Å². The van der Waals surface area contributed by atoms with E-state index in [2.05, 4.69) is 5.32 Å². The molecule has 6 nitrogen and oxygen atoms in total. The molecule has 2 aliphatic rings. The van der Waals surface area contributed by atoms with Crippen LogP contribution in [0.25, 0.3) is 0 Å². The fourth-order valence-electron chi connectivity index (χ4n) is 2.29. The lowest BCUT2D eigenvalue weighted by atomic mass is 10.3. The van der Waals surface area contributed by atoms with E-state index in [4.69, 9.17) is 0 Å². The number of halogens is 2. The number of carbonyl (C=O) groups is 2. The Morgan fingerprint density at radius 2 is 1.70 bits per heavy atom. The summed E-state index contributed by atoms with van der Waals surface area (Å²) in [6.07, 6.45) is -2.02. The first-order valence-electron chi connectivity index (χ1n) is 6.70. The number of hydrogen-bond donors (Lipinski definition) is 1. The second-order valence-corrected chi connectivity index (χ2v) is 5.44. The number of piperazine rings is 1. The van der Waals surface area contributed by atoms with E-state index in [9.17, 15) is 18.4 Å². The quantitative estimate of drug-likeness (QED) is 0.812. The molecule has 1 aliphatic heterocycles. The first kappa shape index (κ1) is 14.8. The molecule has 0 bridgehead atoms. The van der Waals surface area contributed by atoms with E-state index in [0.29, 0.717) is 32.6 Å². The second-order valence-electron chi connectivity index (χ2n) is 5.44. The Labute approximate surface area is 116 Å². The third kappa shape index (κ3) is 3.29. The van der Waals surface area contributed by atoms with Crippen molar-refractivity contribution < 1.29 is 18.4 Å². The van der Waals surface area contributed by atoms with Crippen molar-refractivity contribution >= 4 is 12.1 Å². The standard InChI is InChI=1S/C12H20F2N4O2/c1-16(2)12(20)18-5-3-17(4-6-18)11(19)15-9-7-8(9)10(13)14/h8-10H,3-7H2,1-2H3,(H,15,19)/t8-,9-/m0/s1. The summed E-state index contributed by atoms with van der Waals surface area (Å²) in [5.74, 6) is -0.699. The van der Waals surface area contributed by atoms with Crippen LogP contribution in [0.15, 0.2) is 0 Å². The Balaban J connectivity index is 1.74. The zero-order valence-electron chi connectivity index (χ0n) is 11.7. The van der Waals surface area contributed by atoms with Gasteiger partial charge in [0.25, 0.3) is 0 Å². The van der Waals surface area contributed by atoms with Crippen LogP contribution < -0.4 is 5.32 Å². The smallest absolute Gasteiger partial charge is 0.319 e. The van der Waals surface area contributed by atoms with Crippen molar-refractivity contribution in [1.29, 1.82) is 0 Å². The predicted molar refractivity (Wildman–Crippen MR) is 68.7 cm³/mol. The molecule has 1 saturated carbocycles. The van der Waals surface area contributed by atoms with Crippen molar-refractivity contribution in [3.63, 3.8) is 0 Å². The summed E-state index contributed by atoms with van der Waals surface area (Å²) in [7, 11) is 3.36. The molecule has 0 radical (unpaired) electrons. The molecule has 1 saturated heterocycles. The predicted octanol–water partition coefficient (Wildman–Crippen LogP) is 0.649. The molecular weight excluding hydrogens is 270 g/mol.